The summed E-state index contributed by atoms with van der Waals surface area (Å²) in [7, 11) is 1.70. The molecule has 1 aromatic carbocycles. The van der Waals surface area contributed by atoms with Gasteiger partial charge in [0.15, 0.2) is 0 Å². The summed E-state index contributed by atoms with van der Waals surface area (Å²) in [5.74, 6) is 0.599. The van der Waals surface area contributed by atoms with Crippen molar-refractivity contribution in [2.24, 2.45) is 5.92 Å². The second-order valence-corrected chi connectivity index (χ2v) is 4.87. The number of benzene rings is 1. The lowest BCUT2D eigenvalue weighted by Crippen LogP contribution is -2.51. The van der Waals surface area contributed by atoms with E-state index in [0.29, 0.717) is 19.1 Å². The number of likely N-dealkylation sites (tertiary alicyclic amines) is 1. The molecule has 0 aromatic heterocycles. The molecule has 0 spiro atoms. The van der Waals surface area contributed by atoms with Crippen LogP contribution in [0.1, 0.15) is 22.8 Å². The highest BCUT2D eigenvalue weighted by Gasteiger charge is 2.30. The Morgan fingerprint density at radius 3 is 2.58 bits per heavy atom. The fourth-order valence-corrected chi connectivity index (χ4v) is 2.22. The Bertz CT molecular complexity index is 410. The molecule has 0 atom stereocenters. The Balaban J connectivity index is 1.86. The van der Waals surface area contributed by atoms with Gasteiger partial charge in [0.25, 0.3) is 5.91 Å². The molecule has 4 nitrogen and oxygen atoms in total. The molecule has 0 bridgehead atoms. The molecule has 0 unspecified atom stereocenters. The van der Waals surface area contributed by atoms with Gasteiger partial charge < -0.3 is 14.4 Å². The number of nitrogens with zero attached hydrogens (tertiary/aromatic N) is 1. The predicted octanol–water partition coefficient (Wildman–Crippen LogP) is 1.94. The summed E-state index contributed by atoms with van der Waals surface area (Å²) in [6, 6.07) is 7.66. The lowest BCUT2D eigenvalue weighted by molar-refractivity contribution is 0.0270. The number of methoxy groups -OCH3 is 1. The number of hydrogen-bond acceptors (Lipinski definition) is 3. The lowest BCUT2D eigenvalue weighted by atomic mass is 9.99. The van der Waals surface area contributed by atoms with Crippen molar-refractivity contribution in [3.05, 3.63) is 35.4 Å². The van der Waals surface area contributed by atoms with E-state index >= 15 is 0 Å². The molecule has 0 radical (unpaired) electrons. The van der Waals surface area contributed by atoms with Crippen LogP contribution in [0.25, 0.3) is 0 Å². The van der Waals surface area contributed by atoms with E-state index in [1.54, 1.807) is 7.11 Å². The maximum atomic E-state index is 12.2. The smallest absolute Gasteiger partial charge is 0.253 e. The van der Waals surface area contributed by atoms with Crippen molar-refractivity contribution in [3.63, 3.8) is 0 Å². The molecule has 1 heterocycles. The Hall–Kier alpha value is -1.39. The van der Waals surface area contributed by atoms with Crippen LogP contribution in [0.3, 0.4) is 0 Å². The van der Waals surface area contributed by atoms with E-state index in [-0.39, 0.29) is 5.91 Å². The van der Waals surface area contributed by atoms with Gasteiger partial charge in [-0.2, -0.15) is 0 Å². The van der Waals surface area contributed by atoms with Gasteiger partial charge in [-0.15, -0.1) is 0 Å². The molecule has 2 rings (SSSR count). The first-order chi connectivity index (χ1) is 9.24. The summed E-state index contributed by atoms with van der Waals surface area (Å²) in [5.41, 5.74) is 1.84. The number of ether oxygens (including phenoxy) is 2. The van der Waals surface area contributed by atoms with Gasteiger partial charge in [-0.3, -0.25) is 4.79 Å². The first kappa shape index (κ1) is 14.0. The molecule has 1 saturated heterocycles. The third-order valence-corrected chi connectivity index (χ3v) is 3.32. The van der Waals surface area contributed by atoms with Crippen molar-refractivity contribution in [1.82, 2.24) is 4.90 Å². The second kappa shape index (κ2) is 6.68. The first-order valence-electron chi connectivity index (χ1n) is 6.69. The van der Waals surface area contributed by atoms with Crippen LogP contribution in [-0.4, -0.2) is 44.2 Å². The van der Waals surface area contributed by atoms with Crippen LogP contribution in [0, 0.1) is 5.92 Å². The van der Waals surface area contributed by atoms with Crippen molar-refractivity contribution in [2.75, 3.05) is 33.4 Å². The number of carbonyl (C=O) groups is 1. The SMILES string of the molecule is CCOCc1ccc(C(=O)N2CC(COC)C2)cc1. The molecule has 0 saturated carbocycles. The summed E-state index contributed by atoms with van der Waals surface area (Å²) in [4.78, 5) is 14.0. The van der Waals surface area contributed by atoms with Gasteiger partial charge in [0.2, 0.25) is 0 Å². The number of carbonyl (C=O) groups excluding carboxylic acids is 1. The zero-order valence-corrected chi connectivity index (χ0v) is 11.6. The minimum Gasteiger partial charge on any atom is -0.384 e. The Kier molecular flexibility index (Phi) is 4.93. The molecule has 104 valence electrons. The van der Waals surface area contributed by atoms with Gasteiger partial charge in [-0.1, -0.05) is 12.1 Å². The average molecular weight is 263 g/mol. The van der Waals surface area contributed by atoms with Crippen LogP contribution >= 0.6 is 0 Å². The van der Waals surface area contributed by atoms with E-state index in [0.717, 1.165) is 30.8 Å². The van der Waals surface area contributed by atoms with Crippen molar-refractivity contribution < 1.29 is 14.3 Å². The summed E-state index contributed by atoms with van der Waals surface area (Å²) in [5, 5.41) is 0. The molecule has 1 amide bonds. The van der Waals surface area contributed by atoms with E-state index < -0.39 is 0 Å². The van der Waals surface area contributed by atoms with Crippen molar-refractivity contribution >= 4 is 5.91 Å². The van der Waals surface area contributed by atoms with E-state index in [1.165, 1.54) is 0 Å². The normalized spacial score (nSPS) is 15.4. The average Bonchev–Trinajstić information content (AvgIpc) is 2.40. The van der Waals surface area contributed by atoms with Gasteiger partial charge >= 0.3 is 0 Å². The highest BCUT2D eigenvalue weighted by Crippen LogP contribution is 2.19. The van der Waals surface area contributed by atoms with Crippen LogP contribution in [0.5, 0.6) is 0 Å². The van der Waals surface area contributed by atoms with Crippen LogP contribution in [0.2, 0.25) is 0 Å². The van der Waals surface area contributed by atoms with Crippen LogP contribution in [0.15, 0.2) is 24.3 Å². The fourth-order valence-electron chi connectivity index (χ4n) is 2.22. The Morgan fingerprint density at radius 1 is 1.32 bits per heavy atom. The van der Waals surface area contributed by atoms with Gasteiger partial charge in [-0.05, 0) is 24.6 Å². The van der Waals surface area contributed by atoms with Crippen LogP contribution < -0.4 is 0 Å². The summed E-state index contributed by atoms with van der Waals surface area (Å²) >= 11 is 0. The molecular formula is C15H21NO3. The van der Waals surface area contributed by atoms with Crippen molar-refractivity contribution in [2.45, 2.75) is 13.5 Å². The monoisotopic (exact) mass is 263 g/mol. The molecule has 1 aliphatic rings. The second-order valence-electron chi connectivity index (χ2n) is 4.87. The molecule has 1 aliphatic heterocycles. The largest absolute Gasteiger partial charge is 0.384 e. The topological polar surface area (TPSA) is 38.8 Å². The molecule has 1 aromatic rings. The maximum absolute atomic E-state index is 12.2. The third-order valence-electron chi connectivity index (χ3n) is 3.32. The minimum absolute atomic E-state index is 0.107. The van der Waals surface area contributed by atoms with E-state index in [4.69, 9.17) is 9.47 Å². The van der Waals surface area contributed by atoms with Gasteiger partial charge in [0.1, 0.15) is 0 Å². The molecule has 1 fully saturated rings. The minimum atomic E-state index is 0.107. The first-order valence-corrected chi connectivity index (χ1v) is 6.69. The van der Waals surface area contributed by atoms with Crippen molar-refractivity contribution in [1.29, 1.82) is 0 Å². The fraction of sp³-hybridized carbons (Fsp3) is 0.533. The van der Waals surface area contributed by atoms with E-state index in [1.807, 2.05) is 36.1 Å². The summed E-state index contributed by atoms with van der Waals surface area (Å²) < 4.78 is 10.4. The highest BCUT2D eigenvalue weighted by atomic mass is 16.5. The van der Waals surface area contributed by atoms with Gasteiger partial charge in [-0.25, -0.2) is 0 Å². The number of hydrogen-bond donors (Lipinski definition) is 0. The highest BCUT2D eigenvalue weighted by molar-refractivity contribution is 5.94. The number of amides is 1. The molecule has 4 heteroatoms. The number of rotatable bonds is 6. The molecule has 0 N–H and O–H groups in total. The summed E-state index contributed by atoms with van der Waals surface area (Å²) in [6.07, 6.45) is 0. The quantitative estimate of drug-likeness (QED) is 0.787. The lowest BCUT2D eigenvalue weighted by Gasteiger charge is -2.38. The predicted molar refractivity (Wildman–Crippen MR) is 73.0 cm³/mol. The van der Waals surface area contributed by atoms with Crippen molar-refractivity contribution in [3.8, 4) is 0 Å². The van der Waals surface area contributed by atoms with E-state index in [2.05, 4.69) is 0 Å². The van der Waals surface area contributed by atoms with Gasteiger partial charge in [0, 0.05) is 38.3 Å². The zero-order valence-electron chi connectivity index (χ0n) is 11.6. The Morgan fingerprint density at radius 2 is 2.00 bits per heavy atom. The van der Waals surface area contributed by atoms with Gasteiger partial charge in [0.05, 0.1) is 13.2 Å². The maximum Gasteiger partial charge on any atom is 0.253 e. The van der Waals surface area contributed by atoms with Crippen LogP contribution in [0.4, 0.5) is 0 Å². The van der Waals surface area contributed by atoms with Crippen LogP contribution in [-0.2, 0) is 16.1 Å². The standard InChI is InChI=1S/C15H21NO3/c1-3-19-11-12-4-6-14(7-5-12)15(17)16-8-13(9-16)10-18-2/h4-7,13H,3,8-11H2,1-2H3. The van der Waals surface area contributed by atoms with E-state index in [9.17, 15) is 4.79 Å². The summed E-state index contributed by atoms with van der Waals surface area (Å²) in [6.45, 7) is 5.61. The molecule has 19 heavy (non-hydrogen) atoms. The molecule has 0 aliphatic carbocycles. The Labute approximate surface area is 114 Å². The zero-order chi connectivity index (χ0) is 13.7. The molecular weight excluding hydrogens is 242 g/mol. The third kappa shape index (κ3) is 3.55.